The number of nitrogens with zero attached hydrogens (tertiary/aromatic N) is 2. The van der Waals surface area contributed by atoms with Crippen molar-refractivity contribution in [2.75, 3.05) is 26.3 Å². The maximum atomic E-state index is 12.4. The molecule has 0 aromatic carbocycles. The van der Waals surface area contributed by atoms with Gasteiger partial charge >= 0.3 is 23.9 Å². The first-order valence-corrected chi connectivity index (χ1v) is 10.4. The lowest BCUT2D eigenvalue weighted by Gasteiger charge is -2.41. The molecular formula is C18H26N2O15-2. The largest absolute Gasteiger partial charge is 0.762 e. The van der Waals surface area contributed by atoms with Crippen LogP contribution in [0.4, 0.5) is 0 Å². The Labute approximate surface area is 197 Å². The zero-order valence-electron chi connectivity index (χ0n) is 18.3. The molecule has 2 rings (SSSR count). The summed E-state index contributed by atoms with van der Waals surface area (Å²) in [5.41, 5.74) is 0. The van der Waals surface area contributed by atoms with E-state index >= 15 is 0 Å². The maximum absolute atomic E-state index is 12.4. The van der Waals surface area contributed by atoms with Crippen molar-refractivity contribution in [1.82, 2.24) is 10.5 Å². The summed E-state index contributed by atoms with van der Waals surface area (Å²) >= 11 is 0. The number of aliphatic hydroxyl groups is 2. The van der Waals surface area contributed by atoms with Gasteiger partial charge in [-0.15, -0.1) is 0 Å². The summed E-state index contributed by atoms with van der Waals surface area (Å²) < 4.78 is 25.1. The van der Waals surface area contributed by atoms with Crippen LogP contribution in [0.15, 0.2) is 0 Å². The van der Waals surface area contributed by atoms with Gasteiger partial charge in [-0.25, -0.2) is 0 Å². The minimum atomic E-state index is -1.90. The second-order valence-corrected chi connectivity index (χ2v) is 7.76. The summed E-state index contributed by atoms with van der Waals surface area (Å²) in [6, 6.07) is 0. The quantitative estimate of drug-likeness (QED) is 0.121. The molecule has 2 heterocycles. The van der Waals surface area contributed by atoms with Crippen LogP contribution in [0.3, 0.4) is 0 Å². The van der Waals surface area contributed by atoms with Crippen molar-refractivity contribution in [3.63, 3.8) is 0 Å². The van der Waals surface area contributed by atoms with Gasteiger partial charge in [0.15, 0.2) is 6.10 Å². The summed E-state index contributed by atoms with van der Waals surface area (Å²) in [5, 5.41) is 58.0. The lowest BCUT2D eigenvalue weighted by molar-refractivity contribution is -0.297. The van der Waals surface area contributed by atoms with Gasteiger partial charge in [0, 0.05) is 19.0 Å². The fourth-order valence-electron chi connectivity index (χ4n) is 3.20. The monoisotopic (exact) mass is 510 g/mol. The second-order valence-electron chi connectivity index (χ2n) is 7.76. The zero-order valence-corrected chi connectivity index (χ0v) is 18.3. The third-order valence-electron chi connectivity index (χ3n) is 4.97. The van der Waals surface area contributed by atoms with E-state index in [1.165, 1.54) is 0 Å². The molecule has 2 fully saturated rings. The van der Waals surface area contributed by atoms with Crippen molar-refractivity contribution in [3.8, 4) is 0 Å². The van der Waals surface area contributed by atoms with Gasteiger partial charge in [-0.2, -0.15) is 0 Å². The molecule has 2 aliphatic heterocycles. The van der Waals surface area contributed by atoms with Crippen LogP contribution in [0.1, 0.15) is 25.7 Å². The van der Waals surface area contributed by atoms with Gasteiger partial charge in [-0.1, -0.05) is 0 Å². The second kappa shape index (κ2) is 13.6. The van der Waals surface area contributed by atoms with Crippen molar-refractivity contribution < 1.29 is 63.5 Å². The van der Waals surface area contributed by atoms with E-state index in [2.05, 4.69) is 0 Å². The Bertz CT molecular complexity index is 745. The number of cyclic esters (lactones) is 1. The van der Waals surface area contributed by atoms with Gasteiger partial charge in [0.1, 0.15) is 24.9 Å². The van der Waals surface area contributed by atoms with Crippen molar-refractivity contribution in [1.29, 1.82) is 0 Å². The van der Waals surface area contributed by atoms with Gasteiger partial charge in [-0.3, -0.25) is 29.6 Å². The third-order valence-corrected chi connectivity index (χ3v) is 4.97. The molecule has 35 heavy (non-hydrogen) atoms. The highest BCUT2D eigenvalue weighted by Gasteiger charge is 2.49. The Hall–Kier alpha value is -2.48. The minimum absolute atomic E-state index is 0.0146. The van der Waals surface area contributed by atoms with Gasteiger partial charge in [0.25, 0.3) is 0 Å². The fourth-order valence-corrected chi connectivity index (χ4v) is 3.20. The maximum Gasteiger partial charge on any atom is 0.308 e. The average molecular weight is 510 g/mol. The Morgan fingerprint density at radius 3 is 2.17 bits per heavy atom. The molecule has 0 spiro atoms. The van der Waals surface area contributed by atoms with Crippen LogP contribution in [0.25, 0.3) is 0 Å². The van der Waals surface area contributed by atoms with E-state index in [0.29, 0.717) is 0 Å². The highest BCUT2D eigenvalue weighted by molar-refractivity contribution is 5.75. The lowest BCUT2D eigenvalue weighted by atomic mass is 9.99. The van der Waals surface area contributed by atoms with E-state index in [1.807, 2.05) is 0 Å². The number of aliphatic hydroxyl groups excluding tert-OH is 2. The van der Waals surface area contributed by atoms with Gasteiger partial charge in [-0.05, 0) is 0 Å². The number of hydrogen-bond donors (Lipinski definition) is 4. The van der Waals surface area contributed by atoms with Crippen LogP contribution in [0.5, 0.6) is 0 Å². The lowest BCUT2D eigenvalue weighted by Crippen LogP contribution is -2.61. The number of ether oxygens (including phenoxy) is 5. The molecule has 0 bridgehead atoms. The smallest absolute Gasteiger partial charge is 0.308 e. The van der Waals surface area contributed by atoms with Crippen LogP contribution >= 0.6 is 0 Å². The standard InChI is InChI=1S/C18H26N2O15/c21-11(1-3-19(27)28)32-8-10-15(25)16(26)17(34-12(22)2-4-20(29)30)18(33-10)35-14(24)6-9-5-13(23)31-7-9/h9-10,15-18,25-27,29H,1-8H2/q-2/t9-,10+,15+,16-,17+,18-/m0/s1. The number of esters is 4. The number of carbonyl (C=O) groups excluding carboxylic acids is 4. The van der Waals surface area contributed by atoms with Gasteiger partial charge in [0.05, 0.1) is 32.3 Å². The molecule has 2 aliphatic rings. The Kier molecular flexibility index (Phi) is 11.1. The van der Waals surface area contributed by atoms with Crippen molar-refractivity contribution >= 4 is 23.9 Å². The first-order valence-electron chi connectivity index (χ1n) is 10.4. The predicted molar refractivity (Wildman–Crippen MR) is 104 cm³/mol. The topological polar surface area (TPSA) is 248 Å². The highest BCUT2D eigenvalue weighted by Crippen LogP contribution is 2.27. The Morgan fingerprint density at radius 2 is 1.60 bits per heavy atom. The van der Waals surface area contributed by atoms with Crippen molar-refractivity contribution in [2.45, 2.75) is 56.4 Å². The first-order chi connectivity index (χ1) is 16.5. The SMILES string of the molecule is O=C(CCN([O-])O)OC[C@H]1O[C@@H](OC(=O)C[C@H]2COC(=O)C2)[C@H](OC(=O)CCN([O-])O)[C@@H](O)[C@@H]1O. The number of rotatable bonds is 12. The number of hydroxylamine groups is 4. The molecule has 4 N–H and O–H groups in total. The van der Waals surface area contributed by atoms with E-state index in [4.69, 9.17) is 34.1 Å². The highest BCUT2D eigenvalue weighted by atomic mass is 16.8. The van der Waals surface area contributed by atoms with Crippen molar-refractivity contribution in [3.05, 3.63) is 10.4 Å². The van der Waals surface area contributed by atoms with Gasteiger partial charge < -0.3 is 54.7 Å². The molecule has 0 aromatic rings. The van der Waals surface area contributed by atoms with Gasteiger partial charge in [0.2, 0.25) is 6.29 Å². The summed E-state index contributed by atoms with van der Waals surface area (Å²) in [6.07, 6.45) is -10.2. The minimum Gasteiger partial charge on any atom is -0.762 e. The van der Waals surface area contributed by atoms with E-state index in [9.17, 15) is 39.8 Å². The molecular weight excluding hydrogens is 484 g/mol. The summed E-state index contributed by atoms with van der Waals surface area (Å²) in [6.45, 7) is -1.94. The van der Waals surface area contributed by atoms with Crippen LogP contribution in [-0.2, 0) is 42.9 Å². The third kappa shape index (κ3) is 9.59. The molecule has 0 saturated carbocycles. The first kappa shape index (κ1) is 28.8. The normalized spacial score (nSPS) is 28.6. The molecule has 17 heteroatoms. The summed E-state index contributed by atoms with van der Waals surface area (Å²) in [4.78, 5) is 47.2. The number of carbonyl (C=O) groups is 4. The van der Waals surface area contributed by atoms with E-state index in [-0.39, 0.29) is 19.4 Å². The molecule has 17 nitrogen and oxygen atoms in total. The average Bonchev–Trinajstić information content (AvgIpc) is 3.19. The molecule has 0 radical (unpaired) electrons. The Balaban J connectivity index is 2.04. The van der Waals surface area contributed by atoms with E-state index < -0.39 is 103 Å². The number of hydrogen-bond acceptors (Lipinski definition) is 17. The van der Waals surface area contributed by atoms with Crippen LogP contribution in [0.2, 0.25) is 0 Å². The Morgan fingerprint density at radius 1 is 0.971 bits per heavy atom. The molecule has 0 unspecified atom stereocenters. The fraction of sp³-hybridized carbons (Fsp3) is 0.778. The van der Waals surface area contributed by atoms with Crippen molar-refractivity contribution in [2.24, 2.45) is 5.92 Å². The molecule has 0 aliphatic carbocycles. The zero-order chi connectivity index (χ0) is 26.1. The van der Waals surface area contributed by atoms with Crippen LogP contribution in [-0.4, -0.2) is 112 Å². The predicted octanol–water partition coefficient (Wildman–Crippen LogP) is -2.46. The van der Waals surface area contributed by atoms with E-state index in [0.717, 1.165) is 0 Å². The van der Waals surface area contributed by atoms with Crippen LogP contribution in [0, 0.1) is 16.3 Å². The molecule has 0 amide bonds. The molecule has 2 saturated heterocycles. The van der Waals surface area contributed by atoms with E-state index in [1.54, 1.807) is 0 Å². The molecule has 6 atom stereocenters. The van der Waals surface area contributed by atoms with Crippen LogP contribution < -0.4 is 0 Å². The summed E-state index contributed by atoms with van der Waals surface area (Å²) in [7, 11) is 0. The molecule has 0 aromatic heterocycles. The molecule has 200 valence electrons. The summed E-state index contributed by atoms with van der Waals surface area (Å²) in [5.74, 6) is -3.96.